The first-order valence-electron chi connectivity index (χ1n) is 5.82. The third-order valence-corrected chi connectivity index (χ3v) is 2.70. The molecular weight excluding hydrogens is 246 g/mol. The van der Waals surface area contributed by atoms with Gasteiger partial charge in [0.05, 0.1) is 17.9 Å². The molecule has 6 nitrogen and oxygen atoms in total. The second kappa shape index (κ2) is 5.64. The number of hydrogen-bond donors (Lipinski definition) is 3. The number of benzene rings is 1. The van der Waals surface area contributed by atoms with Gasteiger partial charge < -0.3 is 15.4 Å². The van der Waals surface area contributed by atoms with Gasteiger partial charge in [0.15, 0.2) is 0 Å². The molecule has 0 fully saturated rings. The highest BCUT2D eigenvalue weighted by Crippen LogP contribution is 2.31. The summed E-state index contributed by atoms with van der Waals surface area (Å²) in [4.78, 5) is 11.7. The number of carbonyl (C=O) groups is 1. The van der Waals surface area contributed by atoms with Crippen molar-refractivity contribution in [2.75, 3.05) is 11.9 Å². The van der Waals surface area contributed by atoms with Crippen molar-refractivity contribution in [2.45, 2.75) is 13.0 Å². The molecule has 2 rings (SSSR count). The zero-order valence-electron chi connectivity index (χ0n) is 10.5. The molecule has 0 bridgehead atoms. The van der Waals surface area contributed by atoms with Crippen molar-refractivity contribution in [3.8, 4) is 11.1 Å². The minimum absolute atomic E-state index is 0.234. The van der Waals surface area contributed by atoms with E-state index >= 15 is 0 Å². The Balaban J connectivity index is 2.31. The van der Waals surface area contributed by atoms with Crippen molar-refractivity contribution in [2.24, 2.45) is 5.73 Å². The summed E-state index contributed by atoms with van der Waals surface area (Å²) in [5.74, 6) is -0.284. The molecule has 1 amide bonds. The third kappa shape index (κ3) is 2.81. The van der Waals surface area contributed by atoms with Crippen molar-refractivity contribution in [3.05, 3.63) is 36.0 Å². The Kier molecular flexibility index (Phi) is 3.94. The fraction of sp³-hybridized carbons (Fsp3) is 0.231. The quantitative estimate of drug-likeness (QED) is 0.759. The SMILES string of the molecule is Cc1noc(NC(=O)[C@@H](N)CO)c1-c1ccccc1. The fourth-order valence-corrected chi connectivity index (χ4v) is 1.69. The van der Waals surface area contributed by atoms with Crippen LogP contribution >= 0.6 is 0 Å². The Morgan fingerprint density at radius 1 is 1.47 bits per heavy atom. The van der Waals surface area contributed by atoms with Crippen LogP contribution in [0.15, 0.2) is 34.9 Å². The van der Waals surface area contributed by atoms with Gasteiger partial charge in [-0.3, -0.25) is 10.1 Å². The van der Waals surface area contributed by atoms with E-state index in [1.54, 1.807) is 6.92 Å². The van der Waals surface area contributed by atoms with Crippen LogP contribution in [0.25, 0.3) is 11.1 Å². The number of aliphatic hydroxyl groups is 1. The number of hydrogen-bond acceptors (Lipinski definition) is 5. The van der Waals surface area contributed by atoms with Gasteiger partial charge in [-0.1, -0.05) is 35.5 Å². The van der Waals surface area contributed by atoms with Gasteiger partial charge in [0.1, 0.15) is 6.04 Å². The summed E-state index contributed by atoms with van der Waals surface area (Å²) in [5, 5.41) is 15.2. The summed E-state index contributed by atoms with van der Waals surface area (Å²) >= 11 is 0. The molecule has 100 valence electrons. The molecule has 1 aromatic heterocycles. The van der Waals surface area contributed by atoms with Crippen LogP contribution in [-0.4, -0.2) is 28.8 Å². The van der Waals surface area contributed by atoms with Gasteiger partial charge in [-0.15, -0.1) is 0 Å². The summed E-state index contributed by atoms with van der Waals surface area (Å²) < 4.78 is 5.10. The average molecular weight is 261 g/mol. The first-order chi connectivity index (χ1) is 9.13. The Bertz CT molecular complexity index is 566. The number of aliphatic hydroxyl groups excluding tert-OH is 1. The summed E-state index contributed by atoms with van der Waals surface area (Å²) in [6.07, 6.45) is 0. The standard InChI is InChI=1S/C13H15N3O3/c1-8-11(9-5-3-2-4-6-9)13(19-16-8)15-12(18)10(14)7-17/h2-6,10,17H,7,14H2,1H3,(H,15,18)/t10-/m0/s1. The second-order valence-corrected chi connectivity index (χ2v) is 4.12. The maximum absolute atomic E-state index is 11.7. The summed E-state index contributed by atoms with van der Waals surface area (Å²) in [5.41, 5.74) is 7.69. The van der Waals surface area contributed by atoms with E-state index in [0.717, 1.165) is 5.56 Å². The lowest BCUT2D eigenvalue weighted by molar-refractivity contribution is -0.118. The van der Waals surface area contributed by atoms with Gasteiger partial charge in [0.25, 0.3) is 0 Å². The monoisotopic (exact) mass is 261 g/mol. The van der Waals surface area contributed by atoms with Crippen LogP contribution < -0.4 is 11.1 Å². The fourth-order valence-electron chi connectivity index (χ4n) is 1.69. The van der Waals surface area contributed by atoms with E-state index in [4.69, 9.17) is 15.4 Å². The predicted molar refractivity (Wildman–Crippen MR) is 70.4 cm³/mol. The molecule has 0 radical (unpaired) electrons. The van der Waals surface area contributed by atoms with Gasteiger partial charge in [-0.05, 0) is 12.5 Å². The number of amides is 1. The average Bonchev–Trinajstić information content (AvgIpc) is 2.79. The number of nitrogens with one attached hydrogen (secondary N) is 1. The number of anilines is 1. The highest BCUT2D eigenvalue weighted by atomic mass is 16.5. The molecule has 0 saturated heterocycles. The highest BCUT2D eigenvalue weighted by molar-refractivity contribution is 5.97. The Morgan fingerprint density at radius 3 is 2.79 bits per heavy atom. The van der Waals surface area contributed by atoms with Crippen molar-refractivity contribution in [1.29, 1.82) is 0 Å². The van der Waals surface area contributed by atoms with Crippen LogP contribution in [0.4, 0.5) is 5.88 Å². The predicted octanol–water partition coefficient (Wildman–Crippen LogP) is 0.908. The van der Waals surface area contributed by atoms with Crippen LogP contribution in [0.3, 0.4) is 0 Å². The number of nitrogens with two attached hydrogens (primary N) is 1. The van der Waals surface area contributed by atoms with E-state index < -0.39 is 18.6 Å². The Morgan fingerprint density at radius 2 is 2.16 bits per heavy atom. The highest BCUT2D eigenvalue weighted by Gasteiger charge is 2.19. The van der Waals surface area contributed by atoms with Crippen LogP contribution in [0.2, 0.25) is 0 Å². The minimum atomic E-state index is -0.992. The van der Waals surface area contributed by atoms with Crippen LogP contribution in [0.1, 0.15) is 5.69 Å². The first kappa shape index (κ1) is 13.3. The lowest BCUT2D eigenvalue weighted by Gasteiger charge is -2.08. The summed E-state index contributed by atoms with van der Waals surface area (Å²) in [7, 11) is 0. The maximum atomic E-state index is 11.7. The zero-order chi connectivity index (χ0) is 13.8. The van der Waals surface area contributed by atoms with Crippen LogP contribution in [-0.2, 0) is 4.79 Å². The van der Waals surface area contributed by atoms with Crippen LogP contribution in [0, 0.1) is 6.92 Å². The van der Waals surface area contributed by atoms with E-state index in [0.29, 0.717) is 11.3 Å². The van der Waals surface area contributed by atoms with Gasteiger partial charge in [-0.25, -0.2) is 0 Å². The van der Waals surface area contributed by atoms with Crippen molar-refractivity contribution >= 4 is 11.8 Å². The lowest BCUT2D eigenvalue weighted by atomic mass is 10.1. The molecule has 0 spiro atoms. The molecule has 1 atom stereocenters. The number of carbonyl (C=O) groups excluding carboxylic acids is 1. The van der Waals surface area contributed by atoms with Gasteiger partial charge in [0, 0.05) is 0 Å². The molecule has 0 unspecified atom stereocenters. The van der Waals surface area contributed by atoms with Crippen LogP contribution in [0.5, 0.6) is 0 Å². The molecule has 4 N–H and O–H groups in total. The molecule has 0 saturated carbocycles. The maximum Gasteiger partial charge on any atom is 0.246 e. The summed E-state index contributed by atoms with van der Waals surface area (Å²) in [6.45, 7) is 1.35. The molecule has 19 heavy (non-hydrogen) atoms. The molecule has 0 aliphatic heterocycles. The topological polar surface area (TPSA) is 101 Å². The van der Waals surface area contributed by atoms with Gasteiger partial charge in [-0.2, -0.15) is 0 Å². The van der Waals surface area contributed by atoms with E-state index in [1.807, 2.05) is 30.3 Å². The summed E-state index contributed by atoms with van der Waals surface area (Å²) in [6, 6.07) is 8.45. The molecule has 2 aromatic rings. The number of aryl methyl sites for hydroxylation is 1. The van der Waals surface area contributed by atoms with E-state index in [-0.39, 0.29) is 5.88 Å². The van der Waals surface area contributed by atoms with Crippen molar-refractivity contribution in [1.82, 2.24) is 5.16 Å². The van der Waals surface area contributed by atoms with Crippen molar-refractivity contribution in [3.63, 3.8) is 0 Å². The number of aromatic nitrogens is 1. The molecule has 0 aliphatic rings. The largest absolute Gasteiger partial charge is 0.394 e. The van der Waals surface area contributed by atoms with Gasteiger partial charge >= 0.3 is 0 Å². The Hall–Kier alpha value is -2.18. The van der Waals surface area contributed by atoms with Gasteiger partial charge in [0.2, 0.25) is 11.8 Å². The molecule has 1 aromatic carbocycles. The zero-order valence-corrected chi connectivity index (χ0v) is 10.5. The smallest absolute Gasteiger partial charge is 0.246 e. The van der Waals surface area contributed by atoms with E-state index in [9.17, 15) is 4.79 Å². The van der Waals surface area contributed by atoms with Crippen molar-refractivity contribution < 1.29 is 14.4 Å². The number of rotatable bonds is 4. The molecule has 6 heteroatoms. The lowest BCUT2D eigenvalue weighted by Crippen LogP contribution is -2.38. The number of nitrogens with zero attached hydrogens (tertiary/aromatic N) is 1. The molecular formula is C13H15N3O3. The molecule has 1 heterocycles. The normalized spacial score (nSPS) is 12.2. The Labute approximate surface area is 110 Å². The van der Waals surface area contributed by atoms with E-state index in [1.165, 1.54) is 0 Å². The second-order valence-electron chi connectivity index (χ2n) is 4.12. The first-order valence-corrected chi connectivity index (χ1v) is 5.82. The third-order valence-electron chi connectivity index (χ3n) is 2.70. The van der Waals surface area contributed by atoms with E-state index in [2.05, 4.69) is 10.5 Å². The minimum Gasteiger partial charge on any atom is -0.394 e. The molecule has 0 aliphatic carbocycles.